The van der Waals surface area contributed by atoms with Crippen LogP contribution < -0.4 is 0 Å². The van der Waals surface area contributed by atoms with Gasteiger partial charge in [0, 0.05) is 4.91 Å². The maximum absolute atomic E-state index is 11.1. The largest absolute Gasteiger partial charge is 0.465 e. The molecule has 2 atom stereocenters. The van der Waals surface area contributed by atoms with E-state index in [-0.39, 0.29) is 16.4 Å². The molecule has 0 aliphatic carbocycles. The number of nitrogens with zero attached hydrogens (tertiary/aromatic N) is 4. The second kappa shape index (κ2) is 6.16. The molecule has 1 rings (SSSR count). The Labute approximate surface area is 100 Å². The zero-order valence-electron chi connectivity index (χ0n) is 8.85. The van der Waals surface area contributed by atoms with E-state index in [1.165, 1.54) is 13.3 Å². The van der Waals surface area contributed by atoms with E-state index in [1.807, 2.05) is 0 Å². The summed E-state index contributed by atoms with van der Waals surface area (Å²) in [4.78, 5) is 17.6. The highest BCUT2D eigenvalue weighted by atomic mass is 32.1. The summed E-state index contributed by atoms with van der Waals surface area (Å²) in [6.45, 7) is -0.273. The molecule has 1 aromatic rings. The first-order valence-corrected chi connectivity index (χ1v) is 5.32. The van der Waals surface area contributed by atoms with Crippen LogP contribution in [0.25, 0.3) is 10.4 Å². The van der Waals surface area contributed by atoms with Gasteiger partial charge in [-0.1, -0.05) is 5.11 Å². The van der Waals surface area contributed by atoms with Gasteiger partial charge < -0.3 is 14.9 Å². The van der Waals surface area contributed by atoms with Crippen LogP contribution in [-0.4, -0.2) is 40.9 Å². The predicted octanol–water partition coefficient (Wildman–Crippen LogP) is 0.634. The Kier molecular flexibility index (Phi) is 4.85. The number of rotatable bonds is 5. The van der Waals surface area contributed by atoms with Crippen molar-refractivity contribution < 1.29 is 19.7 Å². The third kappa shape index (κ3) is 3.40. The van der Waals surface area contributed by atoms with Crippen molar-refractivity contribution >= 4 is 17.3 Å². The summed E-state index contributed by atoms with van der Waals surface area (Å²) in [5, 5.41) is 22.4. The van der Waals surface area contributed by atoms with E-state index >= 15 is 0 Å². The number of hydrogen-bond donors (Lipinski definition) is 2. The average molecular weight is 258 g/mol. The van der Waals surface area contributed by atoms with Crippen molar-refractivity contribution in [3.8, 4) is 0 Å². The molecule has 0 saturated carbocycles. The standard InChI is InChI=1S/C8H10N4O4S/c1-16-8(15)5-3-10-7(17-5)6(14)4(13)2-11-12-9/h3-4,6,13-14H,2H2,1H3. The van der Waals surface area contributed by atoms with Crippen LogP contribution in [0.5, 0.6) is 0 Å². The first-order chi connectivity index (χ1) is 8.10. The molecule has 0 spiro atoms. The van der Waals surface area contributed by atoms with E-state index in [9.17, 15) is 15.0 Å². The smallest absolute Gasteiger partial charge is 0.349 e. The van der Waals surface area contributed by atoms with Gasteiger partial charge >= 0.3 is 5.97 Å². The summed E-state index contributed by atoms with van der Waals surface area (Å²) in [6, 6.07) is 0. The van der Waals surface area contributed by atoms with E-state index < -0.39 is 18.2 Å². The van der Waals surface area contributed by atoms with E-state index in [2.05, 4.69) is 19.7 Å². The van der Waals surface area contributed by atoms with Crippen molar-refractivity contribution in [2.24, 2.45) is 5.11 Å². The van der Waals surface area contributed by atoms with Crippen LogP contribution in [0.3, 0.4) is 0 Å². The number of carbonyl (C=O) groups is 1. The Morgan fingerprint density at radius 3 is 3.06 bits per heavy atom. The predicted molar refractivity (Wildman–Crippen MR) is 58.4 cm³/mol. The zero-order valence-corrected chi connectivity index (χ0v) is 9.66. The number of esters is 1. The van der Waals surface area contributed by atoms with Crippen molar-refractivity contribution in [2.75, 3.05) is 13.7 Å². The van der Waals surface area contributed by atoms with Crippen LogP contribution in [0.4, 0.5) is 0 Å². The third-order valence-electron chi connectivity index (χ3n) is 1.86. The minimum atomic E-state index is -1.30. The Bertz CT molecular complexity index is 442. The first kappa shape index (κ1) is 13.4. The quantitative estimate of drug-likeness (QED) is 0.346. The molecule has 0 fully saturated rings. The lowest BCUT2D eigenvalue weighted by molar-refractivity contribution is 0.0243. The molecule has 0 saturated heterocycles. The zero-order chi connectivity index (χ0) is 12.8. The number of aliphatic hydroxyl groups is 2. The van der Waals surface area contributed by atoms with E-state index in [4.69, 9.17) is 5.53 Å². The molecule has 92 valence electrons. The van der Waals surface area contributed by atoms with Gasteiger partial charge in [-0.25, -0.2) is 9.78 Å². The summed E-state index contributed by atoms with van der Waals surface area (Å²) in [7, 11) is 1.23. The maximum Gasteiger partial charge on any atom is 0.349 e. The van der Waals surface area contributed by atoms with Crippen molar-refractivity contribution in [3.63, 3.8) is 0 Å². The van der Waals surface area contributed by atoms with Gasteiger partial charge in [0.2, 0.25) is 0 Å². The van der Waals surface area contributed by atoms with Gasteiger partial charge in [-0.05, 0) is 5.53 Å². The Hall–Kier alpha value is -1.67. The van der Waals surface area contributed by atoms with E-state index in [0.717, 1.165) is 11.3 Å². The van der Waals surface area contributed by atoms with Gasteiger partial charge in [0.1, 0.15) is 16.0 Å². The van der Waals surface area contributed by atoms with Crippen LogP contribution in [0.15, 0.2) is 11.3 Å². The summed E-state index contributed by atoms with van der Waals surface area (Å²) in [5.74, 6) is -0.564. The second-order valence-corrected chi connectivity index (χ2v) is 4.04. The normalized spacial score (nSPS) is 13.6. The first-order valence-electron chi connectivity index (χ1n) is 4.51. The molecule has 0 amide bonds. The van der Waals surface area contributed by atoms with Crippen molar-refractivity contribution in [1.29, 1.82) is 0 Å². The highest BCUT2D eigenvalue weighted by molar-refractivity contribution is 7.13. The summed E-state index contributed by atoms with van der Waals surface area (Å²) in [5.41, 5.74) is 8.07. The van der Waals surface area contributed by atoms with Gasteiger partial charge in [-0.15, -0.1) is 11.3 Å². The lowest BCUT2D eigenvalue weighted by Crippen LogP contribution is -2.20. The molecule has 0 aliphatic rings. The minimum absolute atomic E-state index is 0.158. The lowest BCUT2D eigenvalue weighted by Gasteiger charge is -2.12. The van der Waals surface area contributed by atoms with Gasteiger partial charge in [0.15, 0.2) is 0 Å². The molecule has 8 nitrogen and oxygen atoms in total. The number of ether oxygens (including phenoxy) is 1. The number of carbonyl (C=O) groups excluding carboxylic acids is 1. The second-order valence-electron chi connectivity index (χ2n) is 2.98. The summed E-state index contributed by atoms with van der Waals surface area (Å²) < 4.78 is 4.48. The van der Waals surface area contributed by atoms with Crippen LogP contribution in [0.1, 0.15) is 20.8 Å². The number of aromatic nitrogens is 1. The summed E-state index contributed by atoms with van der Waals surface area (Å²) in [6.07, 6.45) is -1.32. The Morgan fingerprint density at radius 1 is 1.76 bits per heavy atom. The molecule has 1 heterocycles. The molecule has 0 bridgehead atoms. The van der Waals surface area contributed by atoms with Gasteiger partial charge in [-0.2, -0.15) is 0 Å². The average Bonchev–Trinajstić information content (AvgIpc) is 2.83. The highest BCUT2D eigenvalue weighted by Gasteiger charge is 2.22. The molecule has 1 aromatic heterocycles. The molecule has 0 aliphatic heterocycles. The van der Waals surface area contributed by atoms with Gasteiger partial charge in [0.05, 0.1) is 26.0 Å². The fourth-order valence-electron chi connectivity index (χ4n) is 1.00. The Morgan fingerprint density at radius 2 is 2.47 bits per heavy atom. The third-order valence-corrected chi connectivity index (χ3v) is 2.91. The van der Waals surface area contributed by atoms with Crippen molar-refractivity contribution in [3.05, 3.63) is 26.5 Å². The van der Waals surface area contributed by atoms with Gasteiger partial charge in [0.25, 0.3) is 0 Å². The maximum atomic E-state index is 11.1. The van der Waals surface area contributed by atoms with Gasteiger partial charge in [-0.3, -0.25) is 0 Å². The molecule has 9 heteroatoms. The van der Waals surface area contributed by atoms with Crippen LogP contribution in [-0.2, 0) is 4.74 Å². The highest BCUT2D eigenvalue weighted by Crippen LogP contribution is 2.23. The van der Waals surface area contributed by atoms with E-state index in [0.29, 0.717) is 0 Å². The monoisotopic (exact) mass is 258 g/mol. The molecular weight excluding hydrogens is 248 g/mol. The SMILES string of the molecule is COC(=O)c1cnc(C(O)C(O)CN=[N+]=[N-])s1. The van der Waals surface area contributed by atoms with Crippen LogP contribution >= 0.6 is 11.3 Å². The number of hydrogen-bond acceptors (Lipinski definition) is 7. The molecular formula is C8H10N4O4S. The number of thiazole rings is 1. The molecule has 0 aromatic carbocycles. The fraction of sp³-hybridized carbons (Fsp3) is 0.500. The van der Waals surface area contributed by atoms with Crippen molar-refractivity contribution in [2.45, 2.75) is 12.2 Å². The number of azide groups is 1. The fourth-order valence-corrected chi connectivity index (χ4v) is 1.88. The number of aliphatic hydroxyl groups excluding tert-OH is 2. The number of methoxy groups -OCH3 is 1. The van der Waals surface area contributed by atoms with Crippen LogP contribution in [0.2, 0.25) is 0 Å². The van der Waals surface area contributed by atoms with E-state index in [1.54, 1.807) is 0 Å². The van der Waals surface area contributed by atoms with Crippen molar-refractivity contribution in [1.82, 2.24) is 4.98 Å². The Balaban J connectivity index is 2.75. The molecule has 2 N–H and O–H groups in total. The van der Waals surface area contributed by atoms with Crippen LogP contribution in [0, 0.1) is 0 Å². The topological polar surface area (TPSA) is 128 Å². The lowest BCUT2D eigenvalue weighted by atomic mass is 10.2. The minimum Gasteiger partial charge on any atom is -0.465 e. The molecule has 0 radical (unpaired) electrons. The molecule has 17 heavy (non-hydrogen) atoms. The molecule has 2 unspecified atom stereocenters. The summed E-state index contributed by atoms with van der Waals surface area (Å²) >= 11 is 0.905.